The minimum atomic E-state index is -0.438. The summed E-state index contributed by atoms with van der Waals surface area (Å²) in [7, 11) is 0. The van der Waals surface area contributed by atoms with Crippen LogP contribution >= 0.6 is 27.5 Å². The molecule has 0 aromatic heterocycles. The Balaban J connectivity index is 2.30. The summed E-state index contributed by atoms with van der Waals surface area (Å²) in [5.41, 5.74) is 8.10. The van der Waals surface area contributed by atoms with E-state index in [2.05, 4.69) is 21.2 Å². The molecule has 4 nitrogen and oxygen atoms in total. The van der Waals surface area contributed by atoms with Crippen molar-refractivity contribution < 1.29 is 9.53 Å². The maximum absolute atomic E-state index is 11.8. The number of rotatable bonds is 4. The first-order chi connectivity index (χ1) is 10.0. The number of anilines is 3. The molecule has 2 aromatic rings. The molecule has 21 heavy (non-hydrogen) atoms. The monoisotopic (exact) mass is 368 g/mol. The number of nitrogen functional groups attached to an aromatic ring is 1. The number of halogens is 2. The zero-order valence-corrected chi connectivity index (χ0v) is 13.7. The lowest BCUT2D eigenvalue weighted by Gasteiger charge is -2.13. The molecular formula is C15H14BrClN2O2. The summed E-state index contributed by atoms with van der Waals surface area (Å²) < 4.78 is 5.78. The van der Waals surface area contributed by atoms with E-state index in [1.165, 1.54) is 0 Å². The number of nitrogens with two attached hydrogens (primary N) is 1. The Morgan fingerprint density at radius 1 is 1.38 bits per heavy atom. The first-order valence-electron chi connectivity index (χ1n) is 6.30. The third-order valence-electron chi connectivity index (χ3n) is 2.80. The Morgan fingerprint density at radius 3 is 2.81 bits per heavy atom. The van der Waals surface area contributed by atoms with E-state index in [1.807, 2.05) is 12.1 Å². The molecule has 0 heterocycles. The predicted octanol–water partition coefficient (Wildman–Crippen LogP) is 4.61. The number of esters is 1. The largest absolute Gasteiger partial charge is 0.462 e. The maximum Gasteiger partial charge on any atom is 0.340 e. The normalized spacial score (nSPS) is 10.2. The Hall–Kier alpha value is -1.72. The van der Waals surface area contributed by atoms with E-state index in [0.29, 0.717) is 28.6 Å². The van der Waals surface area contributed by atoms with E-state index < -0.39 is 5.97 Å². The van der Waals surface area contributed by atoms with Crippen molar-refractivity contribution in [3.8, 4) is 0 Å². The minimum absolute atomic E-state index is 0.304. The summed E-state index contributed by atoms with van der Waals surface area (Å²) in [6.45, 7) is 2.05. The van der Waals surface area contributed by atoms with Gasteiger partial charge in [0.2, 0.25) is 0 Å². The third-order valence-corrected chi connectivity index (χ3v) is 4.03. The van der Waals surface area contributed by atoms with Gasteiger partial charge < -0.3 is 15.8 Å². The molecule has 0 spiro atoms. The number of ether oxygens (including phenoxy) is 1. The van der Waals surface area contributed by atoms with Gasteiger partial charge in [-0.25, -0.2) is 4.79 Å². The van der Waals surface area contributed by atoms with Crippen LogP contribution in [0.15, 0.2) is 40.9 Å². The van der Waals surface area contributed by atoms with Crippen LogP contribution in [-0.2, 0) is 4.74 Å². The number of hydrogen-bond donors (Lipinski definition) is 2. The molecule has 3 N–H and O–H groups in total. The van der Waals surface area contributed by atoms with Crippen molar-refractivity contribution in [1.82, 2.24) is 0 Å². The fraction of sp³-hybridized carbons (Fsp3) is 0.133. The highest BCUT2D eigenvalue weighted by Gasteiger charge is 2.13. The lowest BCUT2D eigenvalue weighted by molar-refractivity contribution is 0.0527. The third kappa shape index (κ3) is 3.68. The molecule has 0 atom stereocenters. The van der Waals surface area contributed by atoms with Crippen LogP contribution in [0.3, 0.4) is 0 Å². The summed E-state index contributed by atoms with van der Waals surface area (Å²) in [5, 5.41) is 3.72. The van der Waals surface area contributed by atoms with Crippen LogP contribution in [0.4, 0.5) is 17.1 Å². The topological polar surface area (TPSA) is 64.3 Å². The second-order valence-electron chi connectivity index (χ2n) is 4.24. The van der Waals surface area contributed by atoms with Crippen LogP contribution in [0.5, 0.6) is 0 Å². The van der Waals surface area contributed by atoms with Crippen molar-refractivity contribution in [3.05, 3.63) is 51.5 Å². The van der Waals surface area contributed by atoms with Gasteiger partial charge >= 0.3 is 5.97 Å². The Kier molecular flexibility index (Phi) is 5.09. The summed E-state index contributed by atoms with van der Waals surface area (Å²) in [6.07, 6.45) is 0. The molecule has 0 saturated carbocycles. The van der Waals surface area contributed by atoms with E-state index in [4.69, 9.17) is 22.1 Å². The van der Waals surface area contributed by atoms with Crippen molar-refractivity contribution in [2.24, 2.45) is 0 Å². The molecule has 0 aliphatic heterocycles. The highest BCUT2D eigenvalue weighted by atomic mass is 79.9. The molecule has 2 rings (SSSR count). The molecule has 6 heteroatoms. The quantitative estimate of drug-likeness (QED) is 0.610. The number of nitrogens with one attached hydrogen (secondary N) is 1. The molecule has 0 aliphatic carbocycles. The molecule has 0 fully saturated rings. The van der Waals surface area contributed by atoms with Crippen LogP contribution in [0.25, 0.3) is 0 Å². The van der Waals surface area contributed by atoms with Crippen LogP contribution in [0.1, 0.15) is 17.3 Å². The summed E-state index contributed by atoms with van der Waals surface area (Å²) in [5.74, 6) is -0.438. The molecule has 0 amide bonds. The van der Waals surface area contributed by atoms with Crippen LogP contribution in [0.2, 0.25) is 5.02 Å². The number of benzene rings is 2. The van der Waals surface area contributed by atoms with Gasteiger partial charge in [-0.15, -0.1) is 0 Å². The molecule has 0 unspecified atom stereocenters. The Bertz CT molecular complexity index is 677. The van der Waals surface area contributed by atoms with Gasteiger partial charge in [-0.2, -0.15) is 0 Å². The van der Waals surface area contributed by atoms with E-state index >= 15 is 0 Å². The second kappa shape index (κ2) is 6.83. The van der Waals surface area contributed by atoms with Gasteiger partial charge in [-0.1, -0.05) is 17.7 Å². The van der Waals surface area contributed by atoms with Gasteiger partial charge in [0.05, 0.1) is 28.6 Å². The fourth-order valence-electron chi connectivity index (χ4n) is 1.79. The van der Waals surface area contributed by atoms with Gasteiger partial charge in [0.1, 0.15) is 0 Å². The lowest BCUT2D eigenvalue weighted by atomic mass is 10.1. The first kappa shape index (κ1) is 15.7. The van der Waals surface area contributed by atoms with E-state index in [0.717, 1.165) is 10.2 Å². The average molecular weight is 370 g/mol. The Labute approximate surface area is 136 Å². The number of carbonyl (C=O) groups is 1. The van der Waals surface area contributed by atoms with Crippen molar-refractivity contribution in [1.29, 1.82) is 0 Å². The van der Waals surface area contributed by atoms with E-state index in [1.54, 1.807) is 31.2 Å². The molecule has 0 radical (unpaired) electrons. The minimum Gasteiger partial charge on any atom is -0.462 e. The zero-order valence-electron chi connectivity index (χ0n) is 11.3. The van der Waals surface area contributed by atoms with Crippen molar-refractivity contribution >= 4 is 50.6 Å². The van der Waals surface area contributed by atoms with Gasteiger partial charge in [-0.3, -0.25) is 0 Å². The second-order valence-corrected chi connectivity index (χ2v) is 5.50. The Morgan fingerprint density at radius 2 is 2.14 bits per heavy atom. The summed E-state index contributed by atoms with van der Waals surface area (Å²) in [4.78, 5) is 11.8. The highest BCUT2D eigenvalue weighted by molar-refractivity contribution is 9.10. The fourth-order valence-corrected chi connectivity index (χ4v) is 2.22. The lowest BCUT2D eigenvalue weighted by Crippen LogP contribution is -2.09. The van der Waals surface area contributed by atoms with Crippen LogP contribution in [0, 0.1) is 0 Å². The highest BCUT2D eigenvalue weighted by Crippen LogP contribution is 2.30. The molecule has 0 bridgehead atoms. The molecule has 110 valence electrons. The van der Waals surface area contributed by atoms with Gasteiger partial charge in [0.25, 0.3) is 0 Å². The summed E-state index contributed by atoms with van der Waals surface area (Å²) >= 11 is 9.38. The number of hydrogen-bond acceptors (Lipinski definition) is 4. The maximum atomic E-state index is 11.8. The zero-order chi connectivity index (χ0) is 15.4. The van der Waals surface area contributed by atoms with Gasteiger partial charge in [0.15, 0.2) is 0 Å². The SMILES string of the molecule is CCOC(=O)c1cccc(Nc2ccc(Br)c(Cl)c2)c1N. The summed E-state index contributed by atoms with van der Waals surface area (Å²) in [6, 6.07) is 10.6. The van der Waals surface area contributed by atoms with Crippen molar-refractivity contribution in [3.63, 3.8) is 0 Å². The van der Waals surface area contributed by atoms with E-state index in [9.17, 15) is 4.79 Å². The number of para-hydroxylation sites is 1. The van der Waals surface area contributed by atoms with Crippen LogP contribution in [-0.4, -0.2) is 12.6 Å². The molecular weight excluding hydrogens is 356 g/mol. The van der Waals surface area contributed by atoms with Gasteiger partial charge in [0, 0.05) is 10.2 Å². The molecule has 0 aliphatic rings. The van der Waals surface area contributed by atoms with Crippen molar-refractivity contribution in [2.45, 2.75) is 6.92 Å². The number of carbonyl (C=O) groups excluding carboxylic acids is 1. The van der Waals surface area contributed by atoms with Gasteiger partial charge in [-0.05, 0) is 53.2 Å². The van der Waals surface area contributed by atoms with Crippen LogP contribution < -0.4 is 11.1 Å². The smallest absolute Gasteiger partial charge is 0.340 e. The predicted molar refractivity (Wildman–Crippen MR) is 89.2 cm³/mol. The van der Waals surface area contributed by atoms with Crippen molar-refractivity contribution in [2.75, 3.05) is 17.7 Å². The average Bonchev–Trinajstić information content (AvgIpc) is 2.45. The van der Waals surface area contributed by atoms with E-state index in [-0.39, 0.29) is 0 Å². The molecule has 0 saturated heterocycles. The first-order valence-corrected chi connectivity index (χ1v) is 7.47. The molecule has 2 aromatic carbocycles. The standard InChI is InChI=1S/C15H14BrClN2O2/c1-2-21-15(20)10-4-3-5-13(14(10)18)19-9-6-7-11(16)12(17)8-9/h3-8,19H,2,18H2,1H3.